The number of nitrogens with zero attached hydrogens (tertiary/aromatic N) is 1. The molecule has 0 aromatic carbocycles. The molecule has 0 bridgehead atoms. The summed E-state index contributed by atoms with van der Waals surface area (Å²) in [5, 5.41) is -3.52. The predicted molar refractivity (Wildman–Crippen MR) is 86.1 cm³/mol. The van der Waals surface area contributed by atoms with Gasteiger partial charge in [0.25, 0.3) is 0 Å². The Morgan fingerprint density at radius 1 is 0.871 bits per heavy atom. The third-order valence-corrected chi connectivity index (χ3v) is 5.23. The Kier molecular flexibility index (Phi) is 6.87. The van der Waals surface area contributed by atoms with Crippen molar-refractivity contribution in [2.24, 2.45) is 5.16 Å². The van der Waals surface area contributed by atoms with Crippen molar-refractivity contribution in [1.29, 1.82) is 0 Å². The van der Waals surface area contributed by atoms with Crippen molar-refractivity contribution in [3.05, 3.63) is 0 Å². The fourth-order valence-corrected chi connectivity index (χ4v) is 3.80. The molecule has 17 heteroatoms. The van der Waals surface area contributed by atoms with Gasteiger partial charge < -0.3 is 9.26 Å². The molecular formula is C14H16ClF12NO2Si. The maximum absolute atomic E-state index is 14.8. The van der Waals surface area contributed by atoms with Crippen LogP contribution in [-0.2, 0) is 9.26 Å². The summed E-state index contributed by atoms with van der Waals surface area (Å²) in [6.45, 7) is 4.57. The van der Waals surface area contributed by atoms with E-state index in [0.717, 1.165) is 19.6 Å². The molecule has 0 saturated heterocycles. The van der Waals surface area contributed by atoms with E-state index in [4.69, 9.17) is 4.43 Å². The van der Waals surface area contributed by atoms with Gasteiger partial charge in [0.15, 0.2) is 8.32 Å². The Bertz CT molecular complexity index is 719. The molecule has 0 fully saturated rings. The Balaban J connectivity index is 3.67. The Morgan fingerprint density at radius 3 is 1.61 bits per heavy atom. The molecule has 1 unspecified atom stereocenters. The first-order valence-corrected chi connectivity index (χ1v) is 12.0. The normalized spacial score (nSPS) is 22.4. The summed E-state index contributed by atoms with van der Waals surface area (Å²) in [5.41, 5.74) is -0.429. The Labute approximate surface area is 173 Å². The van der Waals surface area contributed by atoms with Gasteiger partial charge in [0.1, 0.15) is 0 Å². The van der Waals surface area contributed by atoms with E-state index in [-0.39, 0.29) is 6.42 Å². The van der Waals surface area contributed by atoms with E-state index in [0.29, 0.717) is 0 Å². The lowest BCUT2D eigenvalue weighted by molar-refractivity contribution is -0.448. The molecule has 1 rings (SSSR count). The van der Waals surface area contributed by atoms with E-state index in [2.05, 4.69) is 21.6 Å². The highest BCUT2D eigenvalue weighted by molar-refractivity contribution is 6.69. The zero-order valence-corrected chi connectivity index (χ0v) is 17.8. The summed E-state index contributed by atoms with van der Waals surface area (Å²) in [7, 11) is -3.43. The second-order valence-corrected chi connectivity index (χ2v) is 12.5. The number of hydrogen-bond donors (Lipinski definition) is 0. The lowest BCUT2D eigenvalue weighted by Crippen LogP contribution is -2.74. The quantitative estimate of drug-likeness (QED) is 0.191. The number of rotatable bonds is 9. The minimum Gasteiger partial charge on any atom is -0.375 e. The van der Waals surface area contributed by atoms with E-state index >= 15 is 0 Å². The second kappa shape index (κ2) is 7.57. The monoisotopic (exact) mass is 521 g/mol. The zero-order chi connectivity index (χ0) is 25.1. The highest BCUT2D eigenvalue weighted by atomic mass is 35.5. The fourth-order valence-electron chi connectivity index (χ4n) is 2.45. The zero-order valence-electron chi connectivity index (χ0n) is 16.1. The van der Waals surface area contributed by atoms with Gasteiger partial charge in [0.05, 0.1) is 12.1 Å². The van der Waals surface area contributed by atoms with Crippen LogP contribution in [-0.4, -0.2) is 54.8 Å². The van der Waals surface area contributed by atoms with Crippen LogP contribution < -0.4 is 0 Å². The molecule has 1 aliphatic heterocycles. The molecule has 1 aliphatic rings. The molecule has 0 spiro atoms. The van der Waals surface area contributed by atoms with Crippen LogP contribution in [0.3, 0.4) is 0 Å². The van der Waals surface area contributed by atoms with Crippen molar-refractivity contribution in [2.45, 2.75) is 80.2 Å². The molecule has 0 radical (unpaired) electrons. The van der Waals surface area contributed by atoms with Crippen LogP contribution in [0.4, 0.5) is 52.7 Å². The molecule has 184 valence electrons. The molecule has 31 heavy (non-hydrogen) atoms. The summed E-state index contributed by atoms with van der Waals surface area (Å²) in [5.74, 6) is -40.8. The fraction of sp³-hybridized carbons (Fsp3) is 0.929. The van der Waals surface area contributed by atoms with Crippen molar-refractivity contribution in [2.75, 3.05) is 0 Å². The van der Waals surface area contributed by atoms with Crippen molar-refractivity contribution in [3.63, 3.8) is 0 Å². The molecule has 0 saturated carbocycles. The molecule has 3 nitrogen and oxygen atoms in total. The smallest absolute Gasteiger partial charge is 0.375 e. The van der Waals surface area contributed by atoms with Crippen LogP contribution in [0.25, 0.3) is 0 Å². The molecule has 1 atom stereocenters. The number of halogens is 13. The van der Waals surface area contributed by atoms with E-state index in [1.165, 1.54) is 6.92 Å². The first-order chi connectivity index (χ1) is 13.3. The molecule has 0 aromatic heterocycles. The van der Waals surface area contributed by atoms with Gasteiger partial charge in [0.2, 0.25) is 0 Å². The highest BCUT2D eigenvalue weighted by Gasteiger charge is 2.93. The van der Waals surface area contributed by atoms with Gasteiger partial charge in [-0.25, -0.2) is 0 Å². The van der Waals surface area contributed by atoms with Gasteiger partial charge >= 0.3 is 40.8 Å². The van der Waals surface area contributed by atoms with Crippen molar-refractivity contribution < 1.29 is 61.9 Å². The Morgan fingerprint density at radius 2 is 1.29 bits per heavy atom. The molecule has 0 amide bonds. The summed E-state index contributed by atoms with van der Waals surface area (Å²) < 4.78 is 170. The van der Waals surface area contributed by atoms with Crippen molar-refractivity contribution in [3.8, 4) is 0 Å². The molecule has 0 aliphatic carbocycles. The summed E-state index contributed by atoms with van der Waals surface area (Å²) in [6, 6.07) is 0. The number of oxime groups is 1. The van der Waals surface area contributed by atoms with E-state index < -0.39 is 61.2 Å². The topological polar surface area (TPSA) is 30.8 Å². The summed E-state index contributed by atoms with van der Waals surface area (Å²) >= 11 is 3.67. The van der Waals surface area contributed by atoms with Crippen LogP contribution in [0.5, 0.6) is 0 Å². The van der Waals surface area contributed by atoms with Crippen LogP contribution in [0.1, 0.15) is 19.8 Å². The highest BCUT2D eigenvalue weighted by Crippen LogP contribution is 2.63. The number of alkyl halides is 13. The van der Waals surface area contributed by atoms with Crippen molar-refractivity contribution in [1.82, 2.24) is 0 Å². The third-order valence-electron chi connectivity index (χ3n) is 4.05. The minimum absolute atomic E-state index is 0.248. The Hall–Kier alpha value is -0.903. The standard InChI is InChI=1S/C14H16ClF12NO2Si/c1-5-7-6-8(29-28-7,30-31(2,3)4)9(16,17)10(18,19)11(20,21)12(22,23)13(24,25)14(15,26)27/h5-6H2,1-4H3. The molecular weight excluding hydrogens is 506 g/mol. The van der Waals surface area contributed by atoms with Gasteiger partial charge in [-0.3, -0.25) is 0 Å². The molecule has 0 aromatic rings. The van der Waals surface area contributed by atoms with Crippen LogP contribution in [0, 0.1) is 0 Å². The minimum atomic E-state index is -7.76. The lowest BCUT2D eigenvalue weighted by atomic mass is 9.88. The average molecular weight is 522 g/mol. The van der Waals surface area contributed by atoms with Gasteiger partial charge in [0, 0.05) is 0 Å². The van der Waals surface area contributed by atoms with Crippen LogP contribution in [0.2, 0.25) is 19.6 Å². The first kappa shape index (κ1) is 28.1. The summed E-state index contributed by atoms with van der Waals surface area (Å²) in [6.07, 6.45) is -1.67. The third kappa shape index (κ3) is 4.11. The van der Waals surface area contributed by atoms with E-state index in [1.54, 1.807) is 0 Å². The average Bonchev–Trinajstić information content (AvgIpc) is 2.96. The second-order valence-electron chi connectivity index (χ2n) is 7.62. The van der Waals surface area contributed by atoms with E-state index in [9.17, 15) is 52.7 Å². The van der Waals surface area contributed by atoms with Gasteiger partial charge in [-0.2, -0.15) is 52.7 Å². The van der Waals surface area contributed by atoms with Crippen molar-refractivity contribution >= 4 is 25.6 Å². The van der Waals surface area contributed by atoms with E-state index in [1.807, 2.05) is 0 Å². The SMILES string of the molecule is CCC1=NOC(O[Si](C)(C)C)(C(F)(F)C(F)(F)C(F)(F)C(F)(F)C(F)(F)C(F)(F)Cl)C1. The largest absolute Gasteiger partial charge is 0.393 e. The maximum atomic E-state index is 14.8. The maximum Gasteiger partial charge on any atom is 0.393 e. The predicted octanol–water partition coefficient (Wildman–Crippen LogP) is 6.73. The molecule has 1 heterocycles. The van der Waals surface area contributed by atoms with Crippen LogP contribution >= 0.6 is 11.6 Å². The first-order valence-electron chi connectivity index (χ1n) is 8.24. The summed E-state index contributed by atoms with van der Waals surface area (Å²) in [4.78, 5) is 4.16. The van der Waals surface area contributed by atoms with Gasteiger partial charge in [-0.1, -0.05) is 12.1 Å². The van der Waals surface area contributed by atoms with Crippen LogP contribution in [0.15, 0.2) is 5.16 Å². The van der Waals surface area contributed by atoms with Gasteiger partial charge in [-0.15, -0.1) is 0 Å². The molecule has 0 N–H and O–H groups in total. The lowest BCUT2D eigenvalue weighted by Gasteiger charge is -2.45. The van der Waals surface area contributed by atoms with Gasteiger partial charge in [-0.05, 0) is 37.7 Å². The number of hydrogen-bond acceptors (Lipinski definition) is 3.